The van der Waals surface area contributed by atoms with Crippen LogP contribution in [0.15, 0.2) is 12.1 Å². The molecule has 2 rings (SSSR count). The Bertz CT molecular complexity index is 419. The summed E-state index contributed by atoms with van der Waals surface area (Å²) >= 11 is 1.86. The molecule has 1 aliphatic heterocycles. The van der Waals surface area contributed by atoms with Gasteiger partial charge in [0.05, 0.1) is 19.3 Å². The van der Waals surface area contributed by atoms with E-state index in [2.05, 4.69) is 35.8 Å². The molecule has 1 aliphatic rings. The SMILES string of the molecule is CCC[C@H](O)CN(CCN1CCOCC1)Cc1ccc(C)s1. The van der Waals surface area contributed by atoms with E-state index in [1.807, 2.05) is 11.3 Å². The summed E-state index contributed by atoms with van der Waals surface area (Å²) in [7, 11) is 0. The van der Waals surface area contributed by atoms with Crippen molar-refractivity contribution in [3.05, 3.63) is 21.9 Å². The van der Waals surface area contributed by atoms with Crippen molar-refractivity contribution >= 4 is 11.3 Å². The summed E-state index contributed by atoms with van der Waals surface area (Å²) in [5.74, 6) is 0. The van der Waals surface area contributed by atoms with Gasteiger partial charge in [-0.3, -0.25) is 9.80 Å². The number of nitrogens with zero attached hydrogens (tertiary/aromatic N) is 2. The number of hydrogen-bond acceptors (Lipinski definition) is 5. The fraction of sp³-hybridized carbons (Fsp3) is 0.765. The third-order valence-corrected chi connectivity index (χ3v) is 5.09. The lowest BCUT2D eigenvalue weighted by molar-refractivity contribution is 0.0288. The molecule has 1 fully saturated rings. The monoisotopic (exact) mass is 326 g/mol. The van der Waals surface area contributed by atoms with Gasteiger partial charge < -0.3 is 9.84 Å². The molecular formula is C17H30N2O2S. The Morgan fingerprint density at radius 3 is 2.77 bits per heavy atom. The summed E-state index contributed by atoms with van der Waals surface area (Å²) in [5, 5.41) is 10.2. The van der Waals surface area contributed by atoms with Crippen molar-refractivity contribution in [2.75, 3.05) is 45.9 Å². The van der Waals surface area contributed by atoms with Crippen LogP contribution in [0.1, 0.15) is 29.5 Å². The van der Waals surface area contributed by atoms with Gasteiger partial charge in [0.15, 0.2) is 0 Å². The zero-order valence-electron chi connectivity index (χ0n) is 14.0. The van der Waals surface area contributed by atoms with E-state index in [4.69, 9.17) is 4.74 Å². The summed E-state index contributed by atoms with van der Waals surface area (Å²) in [6.07, 6.45) is 1.71. The highest BCUT2D eigenvalue weighted by Gasteiger charge is 2.16. The van der Waals surface area contributed by atoms with E-state index in [1.54, 1.807) is 0 Å². The van der Waals surface area contributed by atoms with Gasteiger partial charge in [0.1, 0.15) is 0 Å². The quantitative estimate of drug-likeness (QED) is 0.756. The number of morpholine rings is 1. The predicted octanol–water partition coefficient (Wildman–Crippen LogP) is 2.35. The Hall–Kier alpha value is -0.460. The first kappa shape index (κ1) is 17.9. The minimum Gasteiger partial charge on any atom is -0.392 e. The number of thiophene rings is 1. The average Bonchev–Trinajstić information content (AvgIpc) is 2.91. The van der Waals surface area contributed by atoms with Crippen LogP contribution in [0.2, 0.25) is 0 Å². The van der Waals surface area contributed by atoms with E-state index < -0.39 is 0 Å². The average molecular weight is 327 g/mol. The van der Waals surface area contributed by atoms with Crippen LogP contribution in [-0.2, 0) is 11.3 Å². The zero-order valence-corrected chi connectivity index (χ0v) is 14.8. The summed E-state index contributed by atoms with van der Waals surface area (Å²) in [5.41, 5.74) is 0. The maximum atomic E-state index is 10.2. The third-order valence-electron chi connectivity index (χ3n) is 4.10. The Morgan fingerprint density at radius 2 is 2.14 bits per heavy atom. The molecule has 1 atom stereocenters. The topological polar surface area (TPSA) is 35.9 Å². The third kappa shape index (κ3) is 6.34. The highest BCUT2D eigenvalue weighted by Crippen LogP contribution is 2.17. The molecule has 1 aromatic heterocycles. The van der Waals surface area contributed by atoms with Crippen molar-refractivity contribution in [2.45, 2.75) is 39.3 Å². The van der Waals surface area contributed by atoms with Crippen molar-refractivity contribution in [2.24, 2.45) is 0 Å². The van der Waals surface area contributed by atoms with E-state index in [9.17, 15) is 5.11 Å². The van der Waals surface area contributed by atoms with E-state index >= 15 is 0 Å². The number of aliphatic hydroxyl groups is 1. The lowest BCUT2D eigenvalue weighted by atomic mass is 10.2. The maximum Gasteiger partial charge on any atom is 0.0667 e. The summed E-state index contributed by atoms with van der Waals surface area (Å²) in [6.45, 7) is 11.8. The van der Waals surface area contributed by atoms with E-state index in [1.165, 1.54) is 9.75 Å². The van der Waals surface area contributed by atoms with E-state index in [0.717, 1.165) is 65.3 Å². The molecule has 0 aromatic carbocycles. The van der Waals surface area contributed by atoms with Gasteiger partial charge in [-0.05, 0) is 25.5 Å². The molecule has 1 aromatic rings. The second-order valence-electron chi connectivity index (χ2n) is 6.14. The molecule has 1 N–H and O–H groups in total. The fourth-order valence-corrected chi connectivity index (χ4v) is 3.79. The Kier molecular flexibility index (Phi) is 7.83. The highest BCUT2D eigenvalue weighted by atomic mass is 32.1. The standard InChI is InChI=1S/C17H30N2O2S/c1-3-4-16(20)13-19(14-17-6-5-15(2)22-17)8-7-18-9-11-21-12-10-18/h5-6,16,20H,3-4,7-14H2,1-2H3/t16-/m0/s1. The minimum atomic E-state index is -0.212. The number of aryl methyl sites for hydroxylation is 1. The molecule has 0 saturated carbocycles. The Morgan fingerprint density at radius 1 is 1.36 bits per heavy atom. The Labute approximate surface area is 138 Å². The molecular weight excluding hydrogens is 296 g/mol. The van der Waals surface area contributed by atoms with Gasteiger partial charge >= 0.3 is 0 Å². The van der Waals surface area contributed by atoms with Gasteiger partial charge in [-0.2, -0.15) is 0 Å². The predicted molar refractivity (Wildman–Crippen MR) is 92.5 cm³/mol. The largest absolute Gasteiger partial charge is 0.392 e. The van der Waals surface area contributed by atoms with Gasteiger partial charge in [0.2, 0.25) is 0 Å². The van der Waals surface area contributed by atoms with Gasteiger partial charge in [-0.15, -0.1) is 11.3 Å². The van der Waals surface area contributed by atoms with Gasteiger partial charge in [-0.1, -0.05) is 13.3 Å². The van der Waals surface area contributed by atoms with Crippen molar-refractivity contribution < 1.29 is 9.84 Å². The molecule has 4 nitrogen and oxygen atoms in total. The van der Waals surface area contributed by atoms with Crippen molar-refractivity contribution in [3.63, 3.8) is 0 Å². The van der Waals surface area contributed by atoms with Crippen molar-refractivity contribution in [1.82, 2.24) is 9.80 Å². The number of aliphatic hydroxyl groups excluding tert-OH is 1. The number of ether oxygens (including phenoxy) is 1. The lowest BCUT2D eigenvalue weighted by Crippen LogP contribution is -2.42. The molecule has 2 heterocycles. The first-order valence-electron chi connectivity index (χ1n) is 8.43. The normalized spacial score (nSPS) is 18.0. The van der Waals surface area contributed by atoms with Crippen LogP contribution in [0.4, 0.5) is 0 Å². The van der Waals surface area contributed by atoms with Crippen LogP contribution < -0.4 is 0 Å². The summed E-state index contributed by atoms with van der Waals surface area (Å²) in [4.78, 5) is 7.61. The first-order valence-corrected chi connectivity index (χ1v) is 9.25. The van der Waals surface area contributed by atoms with Crippen LogP contribution in [0.25, 0.3) is 0 Å². The fourth-order valence-electron chi connectivity index (χ4n) is 2.86. The second kappa shape index (κ2) is 9.63. The minimum absolute atomic E-state index is 0.212. The molecule has 0 aliphatic carbocycles. The maximum absolute atomic E-state index is 10.2. The van der Waals surface area contributed by atoms with Gasteiger partial charge in [0.25, 0.3) is 0 Å². The molecule has 0 bridgehead atoms. The highest BCUT2D eigenvalue weighted by molar-refractivity contribution is 7.11. The van der Waals surface area contributed by atoms with Gasteiger partial charge in [-0.25, -0.2) is 0 Å². The molecule has 1 saturated heterocycles. The molecule has 0 amide bonds. The smallest absolute Gasteiger partial charge is 0.0667 e. The molecule has 5 heteroatoms. The second-order valence-corrected chi connectivity index (χ2v) is 7.52. The number of hydrogen-bond donors (Lipinski definition) is 1. The van der Waals surface area contributed by atoms with Crippen LogP contribution in [-0.4, -0.2) is 66.9 Å². The zero-order chi connectivity index (χ0) is 15.8. The van der Waals surface area contributed by atoms with Crippen LogP contribution in [0.5, 0.6) is 0 Å². The van der Waals surface area contributed by atoms with Crippen LogP contribution in [0, 0.1) is 6.92 Å². The van der Waals surface area contributed by atoms with Crippen LogP contribution >= 0.6 is 11.3 Å². The molecule has 0 radical (unpaired) electrons. The van der Waals surface area contributed by atoms with E-state index in [0.29, 0.717) is 0 Å². The molecule has 126 valence electrons. The summed E-state index contributed by atoms with van der Waals surface area (Å²) in [6, 6.07) is 4.40. The first-order chi connectivity index (χ1) is 10.7. The van der Waals surface area contributed by atoms with Crippen LogP contribution in [0.3, 0.4) is 0 Å². The van der Waals surface area contributed by atoms with Crippen molar-refractivity contribution in [3.8, 4) is 0 Å². The summed E-state index contributed by atoms with van der Waals surface area (Å²) < 4.78 is 5.41. The lowest BCUT2D eigenvalue weighted by Gasteiger charge is -2.30. The van der Waals surface area contributed by atoms with Crippen molar-refractivity contribution in [1.29, 1.82) is 0 Å². The van der Waals surface area contributed by atoms with E-state index in [-0.39, 0.29) is 6.10 Å². The molecule has 0 spiro atoms. The molecule has 0 unspecified atom stereocenters. The molecule has 22 heavy (non-hydrogen) atoms. The Balaban J connectivity index is 1.85. The number of rotatable bonds is 9. The van der Waals surface area contributed by atoms with Gasteiger partial charge in [0, 0.05) is 49.0 Å².